The van der Waals surface area contributed by atoms with Crippen LogP contribution in [0.1, 0.15) is 22.0 Å². The van der Waals surface area contributed by atoms with Crippen LogP contribution in [0.25, 0.3) is 0 Å². The van der Waals surface area contributed by atoms with E-state index in [4.69, 9.17) is 14.7 Å². The molecule has 0 spiro atoms. The van der Waals surface area contributed by atoms with Crippen molar-refractivity contribution in [1.29, 1.82) is 0 Å². The number of phenolic OH excluding ortho intramolecular Hbond substituents is 1. The molecule has 0 aliphatic carbocycles. The Morgan fingerprint density at radius 2 is 1.47 bits per heavy atom. The number of carbonyl (C=O) groups is 3. The Morgan fingerprint density at radius 1 is 0.853 bits per heavy atom. The lowest BCUT2D eigenvalue weighted by molar-refractivity contribution is -0.124. The number of hydrogen-bond donors (Lipinski definition) is 4. The SMILES string of the molecule is O=C(/C=C/[C@@H](Oc1ccccc1)[C@H](OC(=O)NC(=O)c1ccccc1)c1ccc(O)cc1)NO. The van der Waals surface area contributed by atoms with Gasteiger partial charge in [-0.3, -0.25) is 20.1 Å². The quantitative estimate of drug-likeness (QED) is 0.229. The lowest BCUT2D eigenvalue weighted by Crippen LogP contribution is -2.36. The van der Waals surface area contributed by atoms with Crippen molar-refractivity contribution in [3.05, 3.63) is 108 Å². The minimum Gasteiger partial charge on any atom is -0.508 e. The van der Waals surface area contributed by atoms with E-state index in [-0.39, 0.29) is 11.3 Å². The van der Waals surface area contributed by atoms with Gasteiger partial charge in [-0.1, -0.05) is 48.5 Å². The maximum Gasteiger partial charge on any atom is 0.414 e. The van der Waals surface area contributed by atoms with Crippen molar-refractivity contribution < 1.29 is 34.2 Å². The second kappa shape index (κ2) is 11.8. The summed E-state index contributed by atoms with van der Waals surface area (Å²) in [5.74, 6) is -1.09. The van der Waals surface area contributed by atoms with Gasteiger partial charge < -0.3 is 14.6 Å². The lowest BCUT2D eigenvalue weighted by atomic mass is 10.0. The zero-order valence-electron chi connectivity index (χ0n) is 17.8. The summed E-state index contributed by atoms with van der Waals surface area (Å²) in [4.78, 5) is 36.6. The van der Waals surface area contributed by atoms with Gasteiger partial charge in [0.05, 0.1) is 0 Å². The van der Waals surface area contributed by atoms with Gasteiger partial charge in [-0.2, -0.15) is 0 Å². The average molecular weight is 462 g/mol. The van der Waals surface area contributed by atoms with Crippen LogP contribution in [0.3, 0.4) is 0 Å². The Labute approximate surface area is 195 Å². The number of alkyl carbamates (subject to hydrolysis) is 1. The Kier molecular flexibility index (Phi) is 8.36. The van der Waals surface area contributed by atoms with Crippen molar-refractivity contribution in [3.8, 4) is 11.5 Å². The van der Waals surface area contributed by atoms with Gasteiger partial charge >= 0.3 is 6.09 Å². The van der Waals surface area contributed by atoms with Gasteiger partial charge in [0.15, 0.2) is 12.2 Å². The Bertz CT molecular complexity index is 1130. The molecule has 3 rings (SSSR count). The number of nitrogens with one attached hydrogen (secondary N) is 2. The molecule has 3 amide bonds. The molecular formula is C25H22N2O7. The molecule has 0 radical (unpaired) electrons. The summed E-state index contributed by atoms with van der Waals surface area (Å²) in [6, 6.07) is 22.5. The van der Waals surface area contributed by atoms with Crippen LogP contribution in [0.2, 0.25) is 0 Å². The Hall–Kier alpha value is -4.63. The smallest absolute Gasteiger partial charge is 0.414 e. The molecule has 0 aliphatic heterocycles. The number of imide groups is 1. The fraction of sp³-hybridized carbons (Fsp3) is 0.0800. The normalized spacial score (nSPS) is 12.4. The molecular weight excluding hydrogens is 440 g/mol. The Balaban J connectivity index is 1.89. The van der Waals surface area contributed by atoms with E-state index in [2.05, 4.69) is 5.32 Å². The van der Waals surface area contributed by atoms with Crippen molar-refractivity contribution in [2.24, 2.45) is 0 Å². The first-order chi connectivity index (χ1) is 16.5. The molecule has 0 unspecified atom stereocenters. The predicted molar refractivity (Wildman–Crippen MR) is 121 cm³/mol. The van der Waals surface area contributed by atoms with Gasteiger partial charge in [0.2, 0.25) is 0 Å². The summed E-state index contributed by atoms with van der Waals surface area (Å²) in [6.45, 7) is 0. The Morgan fingerprint density at radius 3 is 2.09 bits per heavy atom. The highest BCUT2D eigenvalue weighted by atomic mass is 16.6. The third kappa shape index (κ3) is 6.94. The van der Waals surface area contributed by atoms with Crippen LogP contribution in [-0.4, -0.2) is 34.3 Å². The molecule has 9 nitrogen and oxygen atoms in total. The van der Waals surface area contributed by atoms with Crippen LogP contribution < -0.4 is 15.5 Å². The van der Waals surface area contributed by atoms with Crippen LogP contribution in [0.5, 0.6) is 11.5 Å². The van der Waals surface area contributed by atoms with E-state index in [0.29, 0.717) is 11.3 Å². The molecule has 0 heterocycles. The zero-order chi connectivity index (χ0) is 24.3. The van der Waals surface area contributed by atoms with E-state index in [1.807, 2.05) is 0 Å². The van der Waals surface area contributed by atoms with Gasteiger partial charge in [0, 0.05) is 11.6 Å². The molecule has 2 atom stereocenters. The molecule has 174 valence electrons. The first-order valence-electron chi connectivity index (χ1n) is 10.2. The number of hydroxylamine groups is 1. The molecule has 4 N–H and O–H groups in total. The topological polar surface area (TPSA) is 134 Å². The van der Waals surface area contributed by atoms with E-state index in [9.17, 15) is 19.5 Å². The summed E-state index contributed by atoms with van der Waals surface area (Å²) in [6.07, 6.45) is -0.942. The third-order valence-corrected chi connectivity index (χ3v) is 4.57. The van der Waals surface area contributed by atoms with Crippen LogP contribution in [0, 0.1) is 0 Å². The minimum atomic E-state index is -1.15. The second-order valence-electron chi connectivity index (χ2n) is 6.97. The van der Waals surface area contributed by atoms with Gasteiger partial charge in [-0.05, 0) is 48.0 Å². The van der Waals surface area contributed by atoms with Crippen LogP contribution in [0.4, 0.5) is 4.79 Å². The summed E-state index contributed by atoms with van der Waals surface area (Å²) >= 11 is 0. The van der Waals surface area contributed by atoms with Gasteiger partial charge in [0.25, 0.3) is 11.8 Å². The monoisotopic (exact) mass is 462 g/mol. The molecule has 3 aromatic rings. The molecule has 0 fully saturated rings. The maximum absolute atomic E-state index is 12.6. The van der Waals surface area contributed by atoms with Crippen LogP contribution in [-0.2, 0) is 9.53 Å². The fourth-order valence-corrected chi connectivity index (χ4v) is 2.97. The van der Waals surface area contributed by atoms with Crippen molar-refractivity contribution in [2.75, 3.05) is 0 Å². The molecule has 34 heavy (non-hydrogen) atoms. The number of benzene rings is 3. The molecule has 0 aliphatic rings. The number of aromatic hydroxyl groups is 1. The zero-order valence-corrected chi connectivity index (χ0v) is 17.8. The number of carbonyl (C=O) groups excluding carboxylic acids is 3. The van der Waals surface area contributed by atoms with E-state index in [1.54, 1.807) is 48.5 Å². The van der Waals surface area contributed by atoms with Crippen molar-refractivity contribution in [2.45, 2.75) is 12.2 Å². The van der Waals surface area contributed by atoms with Gasteiger partial charge in [-0.25, -0.2) is 10.3 Å². The summed E-state index contributed by atoms with van der Waals surface area (Å²) in [5, 5.41) is 20.6. The number of para-hydroxylation sites is 1. The predicted octanol–water partition coefficient (Wildman–Crippen LogP) is 3.51. The van der Waals surface area contributed by atoms with Gasteiger partial charge in [-0.15, -0.1) is 0 Å². The third-order valence-electron chi connectivity index (χ3n) is 4.57. The largest absolute Gasteiger partial charge is 0.508 e. The highest BCUT2D eigenvalue weighted by molar-refractivity contribution is 6.02. The average Bonchev–Trinajstić information content (AvgIpc) is 2.86. The molecule has 3 aromatic carbocycles. The lowest BCUT2D eigenvalue weighted by Gasteiger charge is -2.26. The van der Waals surface area contributed by atoms with Crippen molar-refractivity contribution in [1.82, 2.24) is 10.8 Å². The molecule has 0 aromatic heterocycles. The number of hydrogen-bond acceptors (Lipinski definition) is 7. The molecule has 0 saturated carbocycles. The van der Waals surface area contributed by atoms with E-state index in [1.165, 1.54) is 48.0 Å². The number of rotatable bonds is 8. The van der Waals surface area contributed by atoms with E-state index < -0.39 is 30.1 Å². The minimum absolute atomic E-state index is 0.0121. The first kappa shape index (κ1) is 24.0. The van der Waals surface area contributed by atoms with Crippen LogP contribution in [0.15, 0.2) is 97.1 Å². The number of phenols is 1. The fourth-order valence-electron chi connectivity index (χ4n) is 2.97. The molecule has 0 saturated heterocycles. The van der Waals surface area contributed by atoms with Crippen LogP contribution >= 0.6 is 0 Å². The highest BCUT2D eigenvalue weighted by Crippen LogP contribution is 2.28. The standard InChI is InChI=1S/C25H22N2O7/c28-19-13-11-17(12-14-19)23(34-25(31)26-24(30)18-7-3-1-4-8-18)21(15-16-22(29)27-32)33-20-9-5-2-6-10-20/h1-16,21,23,28,32H,(H,27,29)(H,26,30,31)/b16-15+/t21-,23-/m1/s1. The van der Waals surface area contributed by atoms with Crippen molar-refractivity contribution in [3.63, 3.8) is 0 Å². The highest BCUT2D eigenvalue weighted by Gasteiger charge is 2.28. The van der Waals surface area contributed by atoms with Crippen molar-refractivity contribution >= 4 is 17.9 Å². The maximum atomic E-state index is 12.6. The number of amides is 3. The molecule has 0 bridgehead atoms. The van der Waals surface area contributed by atoms with E-state index >= 15 is 0 Å². The number of ether oxygens (including phenoxy) is 2. The summed E-state index contributed by atoms with van der Waals surface area (Å²) in [7, 11) is 0. The second-order valence-corrected chi connectivity index (χ2v) is 6.97. The first-order valence-corrected chi connectivity index (χ1v) is 10.2. The summed E-state index contributed by atoms with van der Waals surface area (Å²) < 4.78 is 11.5. The molecule has 9 heteroatoms. The summed E-state index contributed by atoms with van der Waals surface area (Å²) in [5.41, 5.74) is 2.15. The van der Waals surface area contributed by atoms with E-state index in [0.717, 1.165) is 6.08 Å². The van der Waals surface area contributed by atoms with Gasteiger partial charge in [0.1, 0.15) is 11.5 Å².